The first-order valence-electron chi connectivity index (χ1n) is 5.83. The topological polar surface area (TPSA) is 26.3 Å². The summed E-state index contributed by atoms with van der Waals surface area (Å²) in [5.74, 6) is 0.697. The largest absolute Gasteiger partial charge is 0.374 e. The van der Waals surface area contributed by atoms with Gasteiger partial charge in [0.15, 0.2) is 5.78 Å². The third-order valence-electron chi connectivity index (χ3n) is 2.36. The molecule has 0 saturated carbocycles. The maximum atomic E-state index is 11.6. The van der Waals surface area contributed by atoms with Crippen molar-refractivity contribution in [3.8, 4) is 0 Å². The van der Waals surface area contributed by atoms with Crippen molar-refractivity contribution in [3.63, 3.8) is 0 Å². The van der Waals surface area contributed by atoms with Crippen LogP contribution in [0.5, 0.6) is 0 Å². The Morgan fingerprint density at radius 2 is 1.88 bits per heavy atom. The fourth-order valence-electron chi connectivity index (χ4n) is 1.58. The van der Waals surface area contributed by atoms with E-state index in [1.54, 1.807) is 0 Å². The summed E-state index contributed by atoms with van der Waals surface area (Å²) in [5, 5.41) is 0. The van der Waals surface area contributed by atoms with Gasteiger partial charge in [0.25, 0.3) is 0 Å². The summed E-state index contributed by atoms with van der Waals surface area (Å²) in [5.41, 5.74) is 2.02. The van der Waals surface area contributed by atoms with Crippen molar-refractivity contribution in [2.45, 2.75) is 27.2 Å². The highest BCUT2D eigenvalue weighted by Crippen LogP contribution is 2.10. The average molecular weight is 220 g/mol. The molecule has 1 aromatic rings. The molecular weight excluding hydrogens is 200 g/mol. The summed E-state index contributed by atoms with van der Waals surface area (Å²) >= 11 is 0. The van der Waals surface area contributed by atoms with Gasteiger partial charge in [-0.15, -0.1) is 0 Å². The van der Waals surface area contributed by atoms with Gasteiger partial charge in [-0.25, -0.2) is 0 Å². The zero-order valence-electron chi connectivity index (χ0n) is 10.3. The third kappa shape index (κ3) is 4.15. The first-order chi connectivity index (χ1) is 7.63. The minimum absolute atomic E-state index is 0.0537. The van der Waals surface area contributed by atoms with E-state index in [-0.39, 0.29) is 12.4 Å². The molecule has 0 atom stereocenters. The van der Waals surface area contributed by atoms with Crippen molar-refractivity contribution in [2.75, 3.05) is 13.2 Å². The molecule has 88 valence electrons. The van der Waals surface area contributed by atoms with Gasteiger partial charge in [0.2, 0.25) is 0 Å². The maximum absolute atomic E-state index is 11.6. The second kappa shape index (κ2) is 6.44. The molecule has 0 saturated heterocycles. The van der Waals surface area contributed by atoms with E-state index in [0.29, 0.717) is 12.5 Å². The Hall–Kier alpha value is -1.15. The molecule has 0 amide bonds. The first kappa shape index (κ1) is 12.9. The van der Waals surface area contributed by atoms with Crippen LogP contribution >= 0.6 is 0 Å². The minimum atomic E-state index is 0.0537. The predicted molar refractivity (Wildman–Crippen MR) is 65.8 cm³/mol. The molecule has 0 heterocycles. The zero-order valence-corrected chi connectivity index (χ0v) is 10.3. The number of hydrogen-bond donors (Lipinski definition) is 0. The Kier molecular flexibility index (Phi) is 5.20. The molecule has 1 aromatic carbocycles. The molecule has 0 aliphatic carbocycles. The van der Waals surface area contributed by atoms with E-state index < -0.39 is 0 Å². The predicted octanol–water partition coefficient (Wildman–Crippen LogP) is 3.10. The molecule has 0 radical (unpaired) electrons. The van der Waals surface area contributed by atoms with Crippen LogP contribution in [0.15, 0.2) is 24.3 Å². The van der Waals surface area contributed by atoms with Gasteiger partial charge in [-0.2, -0.15) is 0 Å². The molecule has 0 aliphatic rings. The minimum Gasteiger partial charge on any atom is -0.374 e. The van der Waals surface area contributed by atoms with Gasteiger partial charge >= 0.3 is 0 Å². The lowest BCUT2D eigenvalue weighted by molar-refractivity contribution is 0.0783. The molecule has 0 spiro atoms. The number of ketones is 1. The SMILES string of the molecule is CCOCC(=O)c1ccc(CC(C)C)cc1. The summed E-state index contributed by atoms with van der Waals surface area (Å²) in [6.45, 7) is 7.03. The molecular formula is C14H20O2. The number of carbonyl (C=O) groups excluding carboxylic acids is 1. The van der Waals surface area contributed by atoms with E-state index in [9.17, 15) is 4.79 Å². The van der Waals surface area contributed by atoms with Crippen LogP contribution in [-0.2, 0) is 11.2 Å². The number of carbonyl (C=O) groups is 1. The number of hydrogen-bond acceptors (Lipinski definition) is 2. The van der Waals surface area contributed by atoms with E-state index >= 15 is 0 Å². The monoisotopic (exact) mass is 220 g/mol. The lowest BCUT2D eigenvalue weighted by Gasteiger charge is -2.06. The van der Waals surface area contributed by atoms with Crippen molar-refractivity contribution in [1.82, 2.24) is 0 Å². The molecule has 2 heteroatoms. The van der Waals surface area contributed by atoms with Crippen LogP contribution in [0.1, 0.15) is 36.7 Å². The molecule has 0 bridgehead atoms. The molecule has 1 rings (SSSR count). The fourth-order valence-corrected chi connectivity index (χ4v) is 1.58. The van der Waals surface area contributed by atoms with Gasteiger partial charge < -0.3 is 4.74 Å². The normalized spacial score (nSPS) is 10.8. The van der Waals surface area contributed by atoms with Crippen LogP contribution in [0, 0.1) is 5.92 Å². The Morgan fingerprint density at radius 3 is 2.38 bits per heavy atom. The Balaban J connectivity index is 2.60. The third-order valence-corrected chi connectivity index (χ3v) is 2.36. The van der Waals surface area contributed by atoms with Gasteiger partial charge in [-0.3, -0.25) is 4.79 Å². The first-order valence-corrected chi connectivity index (χ1v) is 5.83. The van der Waals surface area contributed by atoms with E-state index in [2.05, 4.69) is 13.8 Å². The van der Waals surface area contributed by atoms with Crippen molar-refractivity contribution in [2.24, 2.45) is 5.92 Å². The van der Waals surface area contributed by atoms with Crippen LogP contribution in [0.25, 0.3) is 0 Å². The highest BCUT2D eigenvalue weighted by Gasteiger charge is 2.05. The zero-order chi connectivity index (χ0) is 12.0. The van der Waals surface area contributed by atoms with Crippen LogP contribution < -0.4 is 0 Å². The van der Waals surface area contributed by atoms with Gasteiger partial charge in [0.05, 0.1) is 0 Å². The van der Waals surface area contributed by atoms with Gasteiger partial charge in [-0.1, -0.05) is 38.1 Å². The number of rotatable bonds is 6. The standard InChI is InChI=1S/C14H20O2/c1-4-16-10-14(15)13-7-5-12(6-8-13)9-11(2)3/h5-8,11H,4,9-10H2,1-3H3. The van der Waals surface area contributed by atoms with Crippen molar-refractivity contribution in [3.05, 3.63) is 35.4 Å². The van der Waals surface area contributed by atoms with Crippen LogP contribution in [-0.4, -0.2) is 19.0 Å². The molecule has 16 heavy (non-hydrogen) atoms. The Morgan fingerprint density at radius 1 is 1.25 bits per heavy atom. The summed E-state index contributed by atoms with van der Waals surface area (Å²) in [6.07, 6.45) is 1.06. The fraction of sp³-hybridized carbons (Fsp3) is 0.500. The highest BCUT2D eigenvalue weighted by atomic mass is 16.5. The van der Waals surface area contributed by atoms with Crippen LogP contribution in [0.4, 0.5) is 0 Å². The lowest BCUT2D eigenvalue weighted by Crippen LogP contribution is -2.08. The molecule has 0 N–H and O–H groups in total. The van der Waals surface area contributed by atoms with Crippen LogP contribution in [0.2, 0.25) is 0 Å². The number of benzene rings is 1. The van der Waals surface area contributed by atoms with Crippen molar-refractivity contribution in [1.29, 1.82) is 0 Å². The Labute approximate surface area is 97.6 Å². The smallest absolute Gasteiger partial charge is 0.188 e. The number of Topliss-reactive ketones (excluding diaryl/α,β-unsaturated/α-hetero) is 1. The quantitative estimate of drug-likeness (QED) is 0.689. The average Bonchev–Trinajstić information content (AvgIpc) is 2.26. The van der Waals surface area contributed by atoms with E-state index in [1.807, 2.05) is 31.2 Å². The summed E-state index contributed by atoms with van der Waals surface area (Å²) in [7, 11) is 0. The lowest BCUT2D eigenvalue weighted by atomic mass is 10.0. The molecule has 0 unspecified atom stereocenters. The van der Waals surface area contributed by atoms with E-state index in [0.717, 1.165) is 12.0 Å². The maximum Gasteiger partial charge on any atom is 0.188 e. The van der Waals surface area contributed by atoms with Crippen LogP contribution in [0.3, 0.4) is 0 Å². The second-order valence-corrected chi connectivity index (χ2v) is 4.36. The number of ether oxygens (including phenoxy) is 1. The van der Waals surface area contributed by atoms with Crippen molar-refractivity contribution < 1.29 is 9.53 Å². The van der Waals surface area contributed by atoms with Crippen molar-refractivity contribution >= 4 is 5.78 Å². The molecule has 0 aromatic heterocycles. The van der Waals surface area contributed by atoms with Gasteiger partial charge in [0, 0.05) is 12.2 Å². The molecule has 0 aliphatic heterocycles. The van der Waals surface area contributed by atoms with E-state index in [1.165, 1.54) is 5.56 Å². The molecule has 2 nitrogen and oxygen atoms in total. The van der Waals surface area contributed by atoms with E-state index in [4.69, 9.17) is 4.74 Å². The second-order valence-electron chi connectivity index (χ2n) is 4.36. The summed E-state index contributed by atoms with van der Waals surface area (Å²) < 4.78 is 5.09. The highest BCUT2D eigenvalue weighted by molar-refractivity contribution is 5.97. The summed E-state index contributed by atoms with van der Waals surface area (Å²) in [6, 6.07) is 7.83. The Bertz CT molecular complexity index is 325. The molecule has 0 fully saturated rings. The summed E-state index contributed by atoms with van der Waals surface area (Å²) in [4.78, 5) is 11.6. The van der Waals surface area contributed by atoms with Gasteiger partial charge in [0.1, 0.15) is 6.61 Å². The van der Waals surface area contributed by atoms with Gasteiger partial charge in [-0.05, 0) is 24.8 Å².